The number of nitrogens with two attached hydrogens (primary N) is 1. The van der Waals surface area contributed by atoms with Crippen molar-refractivity contribution >= 4 is 22.6 Å². The van der Waals surface area contributed by atoms with Crippen molar-refractivity contribution in [1.29, 1.82) is 0 Å². The molecule has 134 valence electrons. The van der Waals surface area contributed by atoms with Gasteiger partial charge in [-0.15, -0.1) is 0 Å². The highest BCUT2D eigenvalue weighted by Crippen LogP contribution is 2.34. The second-order valence-electron chi connectivity index (χ2n) is 7.16. The normalized spacial score (nSPS) is 17.6. The van der Waals surface area contributed by atoms with Crippen LogP contribution in [0, 0.1) is 13.8 Å². The van der Waals surface area contributed by atoms with Crippen LogP contribution in [0.25, 0.3) is 11.0 Å². The van der Waals surface area contributed by atoms with Crippen LogP contribution in [0.15, 0.2) is 36.4 Å². The van der Waals surface area contributed by atoms with Gasteiger partial charge in [-0.25, -0.2) is 0 Å². The van der Waals surface area contributed by atoms with Crippen LogP contribution in [0.4, 0.5) is 5.69 Å². The van der Waals surface area contributed by atoms with Crippen molar-refractivity contribution in [2.75, 3.05) is 12.3 Å². The van der Waals surface area contributed by atoms with E-state index in [-0.39, 0.29) is 11.9 Å². The number of nitrogens with one attached hydrogen (secondary N) is 1. The number of carbonyl (C=O) groups is 1. The molecule has 0 radical (unpaired) electrons. The summed E-state index contributed by atoms with van der Waals surface area (Å²) in [6.45, 7) is 4.85. The van der Waals surface area contributed by atoms with Gasteiger partial charge in [-0.3, -0.25) is 9.78 Å². The average Bonchev–Trinajstić information content (AvgIpc) is 3.06. The van der Waals surface area contributed by atoms with Crippen LogP contribution < -0.4 is 5.73 Å². The second kappa shape index (κ2) is 6.48. The number of amides is 1. The van der Waals surface area contributed by atoms with Crippen LogP contribution in [0.5, 0.6) is 0 Å². The molecule has 1 aromatic carbocycles. The van der Waals surface area contributed by atoms with E-state index in [2.05, 4.69) is 29.0 Å². The van der Waals surface area contributed by atoms with E-state index in [1.54, 1.807) is 6.07 Å². The number of H-pyrrole nitrogens is 1. The maximum atomic E-state index is 13.2. The minimum Gasteiger partial charge on any atom is -0.398 e. The van der Waals surface area contributed by atoms with E-state index in [1.807, 2.05) is 30.0 Å². The molecular weight excluding hydrogens is 324 g/mol. The first-order valence-corrected chi connectivity index (χ1v) is 9.17. The first-order valence-electron chi connectivity index (χ1n) is 9.17. The molecule has 2 aromatic heterocycles. The summed E-state index contributed by atoms with van der Waals surface area (Å²) in [5, 5.41) is 0. The molecule has 1 unspecified atom stereocenters. The Kier molecular flexibility index (Phi) is 4.15. The molecule has 0 bridgehead atoms. The maximum Gasteiger partial charge on any atom is 0.256 e. The van der Waals surface area contributed by atoms with Crippen molar-refractivity contribution in [2.24, 2.45) is 0 Å². The zero-order chi connectivity index (χ0) is 18.3. The number of nitrogens with zero attached hydrogens (tertiary/aromatic N) is 2. The molecule has 0 spiro atoms. The second-order valence-corrected chi connectivity index (χ2v) is 7.16. The Bertz CT molecular complexity index is 975. The highest BCUT2D eigenvalue weighted by atomic mass is 16.2. The third kappa shape index (κ3) is 2.83. The zero-order valence-electron chi connectivity index (χ0n) is 15.2. The summed E-state index contributed by atoms with van der Waals surface area (Å²) in [7, 11) is 0. The fraction of sp³-hybridized carbons (Fsp3) is 0.333. The number of fused-ring (bicyclic) bond motifs is 1. The van der Waals surface area contributed by atoms with E-state index >= 15 is 0 Å². The van der Waals surface area contributed by atoms with Crippen molar-refractivity contribution in [3.8, 4) is 0 Å². The van der Waals surface area contributed by atoms with Crippen molar-refractivity contribution in [3.63, 3.8) is 0 Å². The minimum atomic E-state index is 0.00678. The smallest absolute Gasteiger partial charge is 0.256 e. The van der Waals surface area contributed by atoms with Gasteiger partial charge < -0.3 is 15.6 Å². The van der Waals surface area contributed by atoms with Crippen molar-refractivity contribution in [2.45, 2.75) is 39.2 Å². The van der Waals surface area contributed by atoms with Gasteiger partial charge in [-0.1, -0.05) is 12.1 Å². The predicted octanol–water partition coefficient (Wildman–Crippen LogP) is 4.13. The van der Waals surface area contributed by atoms with E-state index in [0.29, 0.717) is 11.3 Å². The Morgan fingerprint density at radius 1 is 1.23 bits per heavy atom. The number of para-hydroxylation sites is 1. The lowest BCUT2D eigenvalue weighted by molar-refractivity contribution is 0.0608. The minimum absolute atomic E-state index is 0.00678. The Morgan fingerprint density at radius 3 is 2.85 bits per heavy atom. The van der Waals surface area contributed by atoms with Crippen LogP contribution in [0.3, 0.4) is 0 Å². The lowest BCUT2D eigenvalue weighted by Gasteiger charge is -2.35. The van der Waals surface area contributed by atoms with E-state index in [0.717, 1.165) is 48.2 Å². The Balaban J connectivity index is 1.73. The molecule has 5 heteroatoms. The van der Waals surface area contributed by atoms with Crippen molar-refractivity contribution in [3.05, 3.63) is 58.9 Å². The van der Waals surface area contributed by atoms with Gasteiger partial charge in [0, 0.05) is 23.6 Å². The van der Waals surface area contributed by atoms with Gasteiger partial charge in [0.2, 0.25) is 0 Å². The molecule has 1 saturated heterocycles. The van der Waals surface area contributed by atoms with Gasteiger partial charge in [-0.2, -0.15) is 0 Å². The molecule has 1 amide bonds. The van der Waals surface area contributed by atoms with E-state index in [4.69, 9.17) is 5.73 Å². The summed E-state index contributed by atoms with van der Waals surface area (Å²) < 4.78 is 0. The van der Waals surface area contributed by atoms with Crippen molar-refractivity contribution < 1.29 is 4.79 Å². The number of benzene rings is 1. The number of pyridine rings is 1. The summed E-state index contributed by atoms with van der Waals surface area (Å²) >= 11 is 0. The molecule has 1 aliphatic heterocycles. The third-order valence-electron chi connectivity index (χ3n) is 5.25. The first kappa shape index (κ1) is 16.6. The summed E-state index contributed by atoms with van der Waals surface area (Å²) in [5.74, 6) is 0.00678. The molecule has 0 aliphatic carbocycles. The molecular formula is C21H24N4O. The van der Waals surface area contributed by atoms with Gasteiger partial charge in [0.25, 0.3) is 5.91 Å². The van der Waals surface area contributed by atoms with Crippen LogP contribution >= 0.6 is 0 Å². The number of aromatic amines is 1. The number of carbonyl (C=O) groups excluding carboxylic acids is 1. The summed E-state index contributed by atoms with van der Waals surface area (Å²) in [6.07, 6.45) is 3.08. The molecule has 0 saturated carbocycles. The highest BCUT2D eigenvalue weighted by Gasteiger charge is 2.30. The number of hydrogen-bond acceptors (Lipinski definition) is 3. The fourth-order valence-corrected chi connectivity index (χ4v) is 3.98. The SMILES string of the molecule is Cc1cc(C)c2[nH]c(C3CCCCN3C(=O)c3ccccc3N)cc2n1. The lowest BCUT2D eigenvalue weighted by Crippen LogP contribution is -2.39. The Labute approximate surface area is 153 Å². The number of hydrogen-bond donors (Lipinski definition) is 2. The van der Waals surface area contributed by atoms with Gasteiger partial charge in [0.15, 0.2) is 0 Å². The van der Waals surface area contributed by atoms with Crippen LogP contribution in [0.2, 0.25) is 0 Å². The summed E-state index contributed by atoms with van der Waals surface area (Å²) in [4.78, 5) is 23.3. The molecule has 1 atom stereocenters. The first-order chi connectivity index (χ1) is 12.5. The van der Waals surface area contributed by atoms with Gasteiger partial charge in [0.1, 0.15) is 0 Å². The Hall–Kier alpha value is -2.82. The molecule has 4 rings (SSSR count). The van der Waals surface area contributed by atoms with E-state index in [1.165, 1.54) is 5.56 Å². The molecule has 1 aliphatic rings. The number of anilines is 1. The van der Waals surface area contributed by atoms with Crippen molar-refractivity contribution in [1.82, 2.24) is 14.9 Å². The zero-order valence-corrected chi connectivity index (χ0v) is 15.2. The van der Waals surface area contributed by atoms with E-state index in [9.17, 15) is 4.79 Å². The number of rotatable bonds is 2. The average molecular weight is 348 g/mol. The molecule has 3 aromatic rings. The lowest BCUT2D eigenvalue weighted by atomic mass is 9.98. The third-order valence-corrected chi connectivity index (χ3v) is 5.25. The van der Waals surface area contributed by atoms with Crippen LogP contribution in [-0.2, 0) is 0 Å². The largest absolute Gasteiger partial charge is 0.398 e. The molecule has 26 heavy (non-hydrogen) atoms. The predicted molar refractivity (Wildman–Crippen MR) is 104 cm³/mol. The van der Waals surface area contributed by atoms with Gasteiger partial charge in [-0.05, 0) is 62.9 Å². The number of nitrogen functional groups attached to an aromatic ring is 1. The maximum absolute atomic E-state index is 13.2. The standard InChI is InChI=1S/C21H24N4O/c1-13-11-14(2)23-18-12-17(24-20(13)18)19-9-5-6-10-25(19)21(26)15-7-3-4-8-16(15)22/h3-4,7-8,11-12,19,24H,5-6,9-10,22H2,1-2H3. The number of aryl methyl sites for hydroxylation is 2. The highest BCUT2D eigenvalue weighted by molar-refractivity contribution is 5.99. The quantitative estimate of drug-likeness (QED) is 0.684. The summed E-state index contributed by atoms with van der Waals surface area (Å²) in [5.41, 5.74) is 12.4. The van der Waals surface area contributed by atoms with Crippen LogP contribution in [-0.4, -0.2) is 27.3 Å². The molecule has 5 nitrogen and oxygen atoms in total. The molecule has 3 N–H and O–H groups in total. The molecule has 3 heterocycles. The monoisotopic (exact) mass is 348 g/mol. The van der Waals surface area contributed by atoms with E-state index < -0.39 is 0 Å². The number of aromatic nitrogens is 2. The number of likely N-dealkylation sites (tertiary alicyclic amines) is 1. The van der Waals surface area contributed by atoms with Gasteiger partial charge in [0.05, 0.1) is 22.6 Å². The number of piperidine rings is 1. The van der Waals surface area contributed by atoms with Crippen LogP contribution in [0.1, 0.15) is 52.6 Å². The summed E-state index contributed by atoms with van der Waals surface area (Å²) in [6, 6.07) is 11.5. The topological polar surface area (TPSA) is 75.0 Å². The van der Waals surface area contributed by atoms with Gasteiger partial charge >= 0.3 is 0 Å². The molecule has 1 fully saturated rings. The Morgan fingerprint density at radius 2 is 2.04 bits per heavy atom. The fourth-order valence-electron chi connectivity index (χ4n) is 3.98.